The molecule has 0 amide bonds. The molecule has 0 aromatic heterocycles. The number of nitrogens with zero attached hydrogens (tertiary/aromatic N) is 1. The highest BCUT2D eigenvalue weighted by Gasteiger charge is 2.20. The van der Waals surface area contributed by atoms with Crippen LogP contribution in [0.3, 0.4) is 0 Å². The molecule has 2 N–H and O–H groups in total. The molecule has 0 fully saturated rings. The second-order valence-corrected chi connectivity index (χ2v) is 3.50. The maximum atomic E-state index is 10.8. The Morgan fingerprint density at radius 3 is 3.07 bits per heavy atom. The molecule has 4 heteroatoms. The van der Waals surface area contributed by atoms with Gasteiger partial charge in [0.25, 0.3) is 0 Å². The van der Waals surface area contributed by atoms with Gasteiger partial charge in [0.1, 0.15) is 0 Å². The summed E-state index contributed by atoms with van der Waals surface area (Å²) in [5.74, 6) is -1.15. The topological polar surface area (TPSA) is 73.1 Å². The molecular weight excluding hydrogens is 192 g/mol. The highest BCUT2D eigenvalue weighted by atomic mass is 16.4. The van der Waals surface area contributed by atoms with Crippen LogP contribution >= 0.6 is 0 Å². The Morgan fingerprint density at radius 2 is 2.40 bits per heavy atom. The predicted molar refractivity (Wildman–Crippen MR) is 54.9 cm³/mol. The van der Waals surface area contributed by atoms with E-state index < -0.39 is 5.97 Å². The minimum Gasteiger partial charge on any atom is -0.478 e. The molecule has 0 saturated heterocycles. The molecule has 4 nitrogen and oxygen atoms in total. The van der Waals surface area contributed by atoms with Gasteiger partial charge >= 0.3 is 5.97 Å². The maximum Gasteiger partial charge on any atom is 0.335 e. The third-order valence-corrected chi connectivity index (χ3v) is 2.58. The first-order valence-electron chi connectivity index (χ1n) is 4.73. The lowest BCUT2D eigenvalue weighted by molar-refractivity contribution is 0.0697. The first-order valence-corrected chi connectivity index (χ1v) is 4.73. The number of nitriles is 1. The molecule has 1 aliphatic rings. The summed E-state index contributed by atoms with van der Waals surface area (Å²) in [7, 11) is 0. The number of hydrogen-bond donors (Lipinski definition) is 2. The number of hydrogen-bond acceptors (Lipinski definition) is 3. The van der Waals surface area contributed by atoms with Crippen molar-refractivity contribution >= 4 is 11.7 Å². The van der Waals surface area contributed by atoms with Gasteiger partial charge in [-0.1, -0.05) is 0 Å². The van der Waals surface area contributed by atoms with E-state index in [-0.39, 0.29) is 11.5 Å². The Kier molecular flexibility index (Phi) is 2.30. The van der Waals surface area contributed by atoms with E-state index >= 15 is 0 Å². The van der Waals surface area contributed by atoms with Crippen molar-refractivity contribution in [3.63, 3.8) is 0 Å². The molecule has 1 heterocycles. The Balaban J connectivity index is 2.49. The monoisotopic (exact) mass is 202 g/mol. The van der Waals surface area contributed by atoms with Crippen molar-refractivity contribution in [1.82, 2.24) is 0 Å². The van der Waals surface area contributed by atoms with E-state index in [1.807, 2.05) is 0 Å². The first-order chi connectivity index (χ1) is 7.22. The lowest BCUT2D eigenvalue weighted by atomic mass is 9.91. The van der Waals surface area contributed by atoms with E-state index in [0.29, 0.717) is 0 Å². The van der Waals surface area contributed by atoms with Crippen LogP contribution in [0.15, 0.2) is 18.2 Å². The van der Waals surface area contributed by atoms with Gasteiger partial charge in [-0.3, -0.25) is 0 Å². The summed E-state index contributed by atoms with van der Waals surface area (Å²) in [6, 6.07) is 7.05. The Morgan fingerprint density at radius 1 is 1.60 bits per heavy atom. The molecule has 0 radical (unpaired) electrons. The number of benzene rings is 1. The summed E-state index contributed by atoms with van der Waals surface area (Å²) in [6.45, 7) is 0.762. The summed E-state index contributed by atoms with van der Waals surface area (Å²) in [5.41, 5.74) is 1.90. The van der Waals surface area contributed by atoms with Crippen molar-refractivity contribution in [1.29, 1.82) is 5.26 Å². The fourth-order valence-corrected chi connectivity index (χ4v) is 1.79. The van der Waals surface area contributed by atoms with E-state index in [4.69, 9.17) is 10.4 Å². The van der Waals surface area contributed by atoms with Gasteiger partial charge in [-0.2, -0.15) is 5.26 Å². The van der Waals surface area contributed by atoms with Gasteiger partial charge in [0, 0.05) is 12.2 Å². The average molecular weight is 202 g/mol. The normalized spacial score (nSPS) is 18.5. The van der Waals surface area contributed by atoms with Gasteiger partial charge in [0.2, 0.25) is 0 Å². The maximum absolute atomic E-state index is 10.8. The van der Waals surface area contributed by atoms with Crippen LogP contribution in [0.4, 0.5) is 5.69 Å². The van der Waals surface area contributed by atoms with Gasteiger partial charge in [0.05, 0.1) is 17.6 Å². The molecule has 0 aliphatic carbocycles. The number of carboxylic acid groups (broad SMARTS) is 1. The van der Waals surface area contributed by atoms with Gasteiger partial charge in [-0.15, -0.1) is 0 Å². The van der Waals surface area contributed by atoms with Crippen molar-refractivity contribution in [2.45, 2.75) is 12.3 Å². The molecule has 1 aliphatic heterocycles. The van der Waals surface area contributed by atoms with Crippen LogP contribution in [0, 0.1) is 11.3 Å². The summed E-state index contributed by atoms with van der Waals surface area (Å²) in [4.78, 5) is 10.8. The van der Waals surface area contributed by atoms with Crippen molar-refractivity contribution in [3.05, 3.63) is 29.3 Å². The number of rotatable bonds is 1. The van der Waals surface area contributed by atoms with Crippen molar-refractivity contribution < 1.29 is 9.90 Å². The molecule has 0 bridgehead atoms. The number of nitrogens with one attached hydrogen (secondary N) is 1. The van der Waals surface area contributed by atoms with Crippen LogP contribution in [0.1, 0.15) is 28.3 Å². The number of aromatic carboxylic acids is 1. The molecule has 76 valence electrons. The number of anilines is 1. The van der Waals surface area contributed by atoms with Gasteiger partial charge in [-0.05, 0) is 30.2 Å². The summed E-state index contributed by atoms with van der Waals surface area (Å²) in [6.07, 6.45) is 0.729. The van der Waals surface area contributed by atoms with E-state index in [9.17, 15) is 4.79 Å². The van der Waals surface area contributed by atoms with Crippen molar-refractivity contribution in [3.8, 4) is 6.07 Å². The standard InChI is InChI=1S/C11H10N2O2/c12-6-8-3-4-13-10-2-1-7(11(14)15)5-9(8)10/h1-2,5,8,13H,3-4H2,(H,14,15). The molecule has 1 unspecified atom stereocenters. The minimum atomic E-state index is -0.958. The van der Waals surface area contributed by atoms with Crippen LogP contribution in [0.2, 0.25) is 0 Å². The second kappa shape index (κ2) is 3.62. The minimum absolute atomic E-state index is 0.194. The smallest absolute Gasteiger partial charge is 0.335 e. The molecule has 1 atom stereocenters. The number of fused-ring (bicyclic) bond motifs is 1. The largest absolute Gasteiger partial charge is 0.478 e. The highest BCUT2D eigenvalue weighted by molar-refractivity contribution is 5.88. The highest BCUT2D eigenvalue weighted by Crippen LogP contribution is 2.31. The molecule has 0 saturated carbocycles. The molecule has 1 aromatic carbocycles. The third-order valence-electron chi connectivity index (χ3n) is 2.58. The predicted octanol–water partition coefficient (Wildman–Crippen LogP) is 1.81. The first kappa shape index (κ1) is 9.53. The van der Waals surface area contributed by atoms with E-state index in [0.717, 1.165) is 24.2 Å². The Hall–Kier alpha value is -2.02. The van der Waals surface area contributed by atoms with Crippen molar-refractivity contribution in [2.75, 3.05) is 11.9 Å². The molecule has 2 rings (SSSR count). The van der Waals surface area contributed by atoms with Crippen LogP contribution in [0.5, 0.6) is 0 Å². The van der Waals surface area contributed by atoms with Crippen molar-refractivity contribution in [2.24, 2.45) is 0 Å². The molecule has 15 heavy (non-hydrogen) atoms. The van der Waals surface area contributed by atoms with Crippen LogP contribution in [-0.2, 0) is 0 Å². The Bertz CT molecular complexity index is 448. The molecule has 0 spiro atoms. The molecule has 1 aromatic rings. The van der Waals surface area contributed by atoms with E-state index in [1.165, 1.54) is 0 Å². The summed E-state index contributed by atoms with van der Waals surface area (Å²) >= 11 is 0. The number of carbonyl (C=O) groups is 1. The number of carboxylic acids is 1. The molecular formula is C11H10N2O2. The van der Waals surface area contributed by atoms with Crippen LogP contribution < -0.4 is 5.32 Å². The van der Waals surface area contributed by atoms with Gasteiger partial charge in [0.15, 0.2) is 0 Å². The van der Waals surface area contributed by atoms with Gasteiger partial charge < -0.3 is 10.4 Å². The lowest BCUT2D eigenvalue weighted by Gasteiger charge is -2.22. The quantitative estimate of drug-likeness (QED) is 0.728. The Labute approximate surface area is 87.1 Å². The van der Waals surface area contributed by atoms with E-state index in [2.05, 4.69) is 11.4 Å². The van der Waals surface area contributed by atoms with Crippen LogP contribution in [-0.4, -0.2) is 17.6 Å². The summed E-state index contributed by atoms with van der Waals surface area (Å²) < 4.78 is 0. The van der Waals surface area contributed by atoms with Gasteiger partial charge in [-0.25, -0.2) is 4.79 Å². The van der Waals surface area contributed by atoms with Crippen LogP contribution in [0.25, 0.3) is 0 Å². The zero-order valence-corrected chi connectivity index (χ0v) is 8.03. The zero-order valence-electron chi connectivity index (χ0n) is 8.03. The van der Waals surface area contributed by atoms with E-state index in [1.54, 1.807) is 18.2 Å². The average Bonchev–Trinajstić information content (AvgIpc) is 2.27. The second-order valence-electron chi connectivity index (χ2n) is 3.50. The fraction of sp³-hybridized carbons (Fsp3) is 0.273. The third kappa shape index (κ3) is 1.64. The zero-order chi connectivity index (χ0) is 10.8. The SMILES string of the molecule is N#CC1CCNc2ccc(C(=O)O)cc21. The summed E-state index contributed by atoms with van der Waals surface area (Å²) in [5, 5.41) is 20.9. The lowest BCUT2D eigenvalue weighted by Crippen LogP contribution is -2.16. The fourth-order valence-electron chi connectivity index (χ4n) is 1.79.